The summed E-state index contributed by atoms with van der Waals surface area (Å²) < 4.78 is 6.96. The lowest BCUT2D eigenvalue weighted by Gasteiger charge is -2.36. The van der Waals surface area contributed by atoms with E-state index in [0.717, 1.165) is 0 Å². The molecule has 0 radical (unpaired) electrons. The van der Waals surface area contributed by atoms with Gasteiger partial charge in [-0.25, -0.2) is 14.6 Å². The first-order valence-corrected chi connectivity index (χ1v) is 8.75. The van der Waals surface area contributed by atoms with Gasteiger partial charge in [0.15, 0.2) is 11.9 Å². The molecule has 10 nitrogen and oxygen atoms in total. The van der Waals surface area contributed by atoms with Crippen molar-refractivity contribution < 1.29 is 24.9 Å². The van der Waals surface area contributed by atoms with E-state index in [0.29, 0.717) is 16.6 Å². The summed E-state index contributed by atoms with van der Waals surface area (Å²) in [5.41, 5.74) is 0.822. The first kappa shape index (κ1) is 18.4. The quantitative estimate of drug-likeness (QED) is 0.495. The molecule has 1 unspecified atom stereocenters. The number of nitrogens with one attached hydrogen (secondary N) is 1. The average molecular weight is 385 g/mol. The van der Waals surface area contributed by atoms with Crippen LogP contribution in [-0.2, 0) is 4.74 Å². The van der Waals surface area contributed by atoms with E-state index in [9.17, 15) is 20.1 Å². The van der Waals surface area contributed by atoms with Crippen molar-refractivity contribution in [3.05, 3.63) is 48.4 Å². The molecule has 1 aliphatic rings. The zero-order valence-electron chi connectivity index (χ0n) is 14.7. The predicted octanol–water partition coefficient (Wildman–Crippen LogP) is 0.0802. The number of benzene rings is 1. The van der Waals surface area contributed by atoms with Crippen molar-refractivity contribution in [1.82, 2.24) is 19.7 Å². The maximum Gasteiger partial charge on any atom is 0.256 e. The summed E-state index contributed by atoms with van der Waals surface area (Å²) in [6.07, 6.45) is -1.04. The lowest BCUT2D eigenvalue weighted by molar-refractivity contribution is -0.208. The van der Waals surface area contributed by atoms with Gasteiger partial charge >= 0.3 is 0 Å². The SMILES string of the molecule is O=C(Nc1ncnc2c1cnn2[C@@H]1O[C@H](CO)C(O)C[C@@H]1O)c1ccccc1. The van der Waals surface area contributed by atoms with Gasteiger partial charge < -0.3 is 25.4 Å². The Morgan fingerprint density at radius 2 is 2.00 bits per heavy atom. The summed E-state index contributed by atoms with van der Waals surface area (Å²) >= 11 is 0. The van der Waals surface area contributed by atoms with Crippen molar-refractivity contribution >= 4 is 22.8 Å². The third-order valence-electron chi connectivity index (χ3n) is 4.64. The number of aliphatic hydroxyl groups is 3. The number of hydrogen-bond acceptors (Lipinski definition) is 8. The Hall–Kier alpha value is -2.92. The normalized spacial score (nSPS) is 25.0. The van der Waals surface area contributed by atoms with E-state index < -0.39 is 31.1 Å². The Labute approximate surface area is 159 Å². The number of ether oxygens (including phenoxy) is 1. The molecule has 0 bridgehead atoms. The van der Waals surface area contributed by atoms with Crippen molar-refractivity contribution in [2.75, 3.05) is 11.9 Å². The number of hydrogen-bond donors (Lipinski definition) is 4. The topological polar surface area (TPSA) is 143 Å². The summed E-state index contributed by atoms with van der Waals surface area (Å²) in [5.74, 6) is -0.0556. The number of anilines is 1. The molecule has 0 saturated carbocycles. The van der Waals surface area contributed by atoms with Gasteiger partial charge in [0.05, 0.1) is 24.3 Å². The van der Waals surface area contributed by atoms with E-state index in [4.69, 9.17) is 4.74 Å². The number of carbonyl (C=O) groups excluding carboxylic acids is 1. The van der Waals surface area contributed by atoms with Gasteiger partial charge in [0.2, 0.25) is 0 Å². The highest BCUT2D eigenvalue weighted by molar-refractivity contribution is 6.07. The van der Waals surface area contributed by atoms with Gasteiger partial charge in [0, 0.05) is 12.0 Å². The number of amides is 1. The Kier molecular flexibility index (Phi) is 5.01. The molecule has 10 heteroatoms. The Morgan fingerprint density at radius 1 is 1.21 bits per heavy atom. The number of aliphatic hydroxyl groups excluding tert-OH is 3. The maximum atomic E-state index is 12.4. The monoisotopic (exact) mass is 385 g/mol. The second kappa shape index (κ2) is 7.60. The number of rotatable bonds is 4. The van der Waals surface area contributed by atoms with Crippen LogP contribution in [0, 0.1) is 0 Å². The zero-order chi connectivity index (χ0) is 19.7. The number of nitrogens with zero attached hydrogens (tertiary/aromatic N) is 4. The molecule has 1 amide bonds. The van der Waals surface area contributed by atoms with Crippen LogP contribution < -0.4 is 5.32 Å². The fourth-order valence-corrected chi connectivity index (χ4v) is 3.18. The van der Waals surface area contributed by atoms with Gasteiger partial charge in [-0.2, -0.15) is 5.10 Å². The largest absolute Gasteiger partial charge is 0.394 e. The van der Waals surface area contributed by atoms with Crippen molar-refractivity contribution in [2.24, 2.45) is 0 Å². The van der Waals surface area contributed by atoms with Crippen LogP contribution in [-0.4, -0.2) is 65.9 Å². The molecule has 1 saturated heterocycles. The molecule has 146 valence electrons. The average Bonchev–Trinajstić information content (AvgIpc) is 3.14. The Morgan fingerprint density at radius 3 is 2.75 bits per heavy atom. The van der Waals surface area contributed by atoms with Crippen LogP contribution in [0.2, 0.25) is 0 Å². The third-order valence-corrected chi connectivity index (χ3v) is 4.64. The van der Waals surface area contributed by atoms with Gasteiger partial charge in [-0.3, -0.25) is 4.79 Å². The molecule has 3 aromatic rings. The van der Waals surface area contributed by atoms with Crippen LogP contribution >= 0.6 is 0 Å². The summed E-state index contributed by atoms with van der Waals surface area (Å²) in [4.78, 5) is 20.7. The number of carbonyl (C=O) groups is 1. The second-order valence-electron chi connectivity index (χ2n) is 6.49. The van der Waals surface area contributed by atoms with E-state index in [-0.39, 0.29) is 18.1 Å². The van der Waals surface area contributed by atoms with Gasteiger partial charge in [-0.1, -0.05) is 18.2 Å². The van der Waals surface area contributed by atoms with Crippen molar-refractivity contribution in [3.8, 4) is 0 Å². The minimum absolute atomic E-state index is 0.0277. The molecule has 0 aliphatic carbocycles. The molecule has 4 atom stereocenters. The van der Waals surface area contributed by atoms with Crippen LogP contribution in [0.15, 0.2) is 42.9 Å². The molecule has 28 heavy (non-hydrogen) atoms. The highest BCUT2D eigenvalue weighted by Gasteiger charge is 2.38. The first-order valence-electron chi connectivity index (χ1n) is 8.75. The minimum Gasteiger partial charge on any atom is -0.394 e. The van der Waals surface area contributed by atoms with Crippen LogP contribution in [0.25, 0.3) is 11.0 Å². The predicted molar refractivity (Wildman–Crippen MR) is 97.3 cm³/mol. The van der Waals surface area contributed by atoms with E-state index in [1.54, 1.807) is 24.3 Å². The summed E-state index contributed by atoms with van der Waals surface area (Å²) in [6.45, 7) is -0.392. The highest BCUT2D eigenvalue weighted by atomic mass is 16.5. The number of aromatic nitrogens is 4. The Bertz CT molecular complexity index is 979. The fourth-order valence-electron chi connectivity index (χ4n) is 3.18. The molecular weight excluding hydrogens is 366 g/mol. The van der Waals surface area contributed by atoms with Crippen molar-refractivity contribution in [1.29, 1.82) is 0 Å². The lowest BCUT2D eigenvalue weighted by atomic mass is 10.0. The zero-order valence-corrected chi connectivity index (χ0v) is 14.7. The summed E-state index contributed by atoms with van der Waals surface area (Å²) in [5, 5.41) is 37.0. The van der Waals surface area contributed by atoms with Crippen molar-refractivity contribution in [2.45, 2.75) is 31.0 Å². The van der Waals surface area contributed by atoms with Crippen LogP contribution in [0.3, 0.4) is 0 Å². The molecule has 1 aromatic carbocycles. The minimum atomic E-state index is -1.04. The summed E-state index contributed by atoms with van der Waals surface area (Å²) in [6, 6.07) is 8.70. The standard InChI is InChI=1S/C18H19N5O5/c24-8-14-12(25)6-13(26)18(28-14)23-16-11(7-21-23)15(19-9-20-16)22-17(27)10-4-2-1-3-5-10/h1-5,7,9,12-14,18,24-26H,6,8H2,(H,19,20,22,27)/t12?,13-,14+,18+/m0/s1. The van der Waals surface area contributed by atoms with Crippen LogP contribution in [0.1, 0.15) is 23.0 Å². The molecule has 4 N–H and O–H groups in total. The fraction of sp³-hybridized carbons (Fsp3) is 0.333. The summed E-state index contributed by atoms with van der Waals surface area (Å²) in [7, 11) is 0. The smallest absolute Gasteiger partial charge is 0.256 e. The van der Waals surface area contributed by atoms with E-state index in [1.165, 1.54) is 17.2 Å². The molecule has 3 heterocycles. The molecule has 1 aliphatic heterocycles. The lowest BCUT2D eigenvalue weighted by Crippen LogP contribution is -2.46. The third kappa shape index (κ3) is 3.34. The molecule has 2 aromatic heterocycles. The highest BCUT2D eigenvalue weighted by Crippen LogP contribution is 2.30. The number of fused-ring (bicyclic) bond motifs is 1. The van der Waals surface area contributed by atoms with E-state index in [2.05, 4.69) is 20.4 Å². The molecule has 0 spiro atoms. The Balaban J connectivity index is 1.64. The van der Waals surface area contributed by atoms with Gasteiger partial charge in [0.25, 0.3) is 5.91 Å². The second-order valence-corrected chi connectivity index (χ2v) is 6.49. The van der Waals surface area contributed by atoms with Gasteiger partial charge in [0.1, 0.15) is 24.4 Å². The van der Waals surface area contributed by atoms with Gasteiger partial charge in [-0.15, -0.1) is 0 Å². The molecular formula is C18H19N5O5. The van der Waals surface area contributed by atoms with Gasteiger partial charge in [-0.05, 0) is 12.1 Å². The van der Waals surface area contributed by atoms with Crippen LogP contribution in [0.5, 0.6) is 0 Å². The van der Waals surface area contributed by atoms with Crippen molar-refractivity contribution in [3.63, 3.8) is 0 Å². The van der Waals surface area contributed by atoms with E-state index >= 15 is 0 Å². The first-order chi connectivity index (χ1) is 13.6. The maximum absolute atomic E-state index is 12.4. The van der Waals surface area contributed by atoms with Crippen LogP contribution in [0.4, 0.5) is 5.82 Å². The molecule has 4 rings (SSSR count). The molecule has 1 fully saturated rings. The van der Waals surface area contributed by atoms with E-state index in [1.807, 2.05) is 6.07 Å².